The van der Waals surface area contributed by atoms with Gasteiger partial charge in [0.2, 0.25) is 0 Å². The van der Waals surface area contributed by atoms with E-state index in [0.29, 0.717) is 0 Å². The average molecular weight is 335 g/mol. The summed E-state index contributed by atoms with van der Waals surface area (Å²) in [6.45, 7) is 4.46. The molecule has 1 amide bonds. The third kappa shape index (κ3) is 3.32. The predicted octanol–water partition coefficient (Wildman–Crippen LogP) is 3.25. The van der Waals surface area contributed by atoms with Crippen LogP contribution in [0.3, 0.4) is 0 Å². The normalized spacial score (nSPS) is 30.5. The molecule has 4 rings (SSSR count). The Labute approximate surface area is 141 Å². The minimum Gasteiger partial charge on any atom is -0.378 e. The Bertz CT molecular complexity index is 568. The Morgan fingerprint density at radius 1 is 1.30 bits per heavy atom. The second-order valence-corrected chi connectivity index (χ2v) is 8.06. The summed E-state index contributed by atoms with van der Waals surface area (Å²) in [5, 5.41) is 2.00. The second kappa shape index (κ2) is 6.54. The van der Waals surface area contributed by atoms with E-state index in [1.807, 2.05) is 23.3 Å². The van der Waals surface area contributed by atoms with Crippen LogP contribution in [0, 0.1) is 12.8 Å². The van der Waals surface area contributed by atoms with E-state index in [1.54, 1.807) is 11.3 Å². The molecule has 126 valence electrons. The van der Waals surface area contributed by atoms with Crippen molar-refractivity contribution in [2.24, 2.45) is 5.92 Å². The highest BCUT2D eigenvalue weighted by atomic mass is 32.1. The van der Waals surface area contributed by atoms with E-state index in [0.717, 1.165) is 55.4 Å². The van der Waals surface area contributed by atoms with Gasteiger partial charge >= 0.3 is 0 Å². The van der Waals surface area contributed by atoms with Crippen molar-refractivity contribution in [1.29, 1.82) is 0 Å². The van der Waals surface area contributed by atoms with Gasteiger partial charge < -0.3 is 14.4 Å². The molecule has 3 heterocycles. The number of hydrogen-bond acceptors (Lipinski definition) is 4. The second-order valence-electron chi connectivity index (χ2n) is 7.14. The molecule has 3 fully saturated rings. The van der Waals surface area contributed by atoms with Gasteiger partial charge in [-0.2, -0.15) is 0 Å². The van der Waals surface area contributed by atoms with Crippen LogP contribution in [0.2, 0.25) is 0 Å². The molecule has 1 aliphatic carbocycles. The lowest BCUT2D eigenvalue weighted by molar-refractivity contribution is -0.0972. The Morgan fingerprint density at radius 3 is 2.91 bits per heavy atom. The fourth-order valence-electron chi connectivity index (χ4n) is 3.75. The van der Waals surface area contributed by atoms with Crippen molar-refractivity contribution in [1.82, 2.24) is 4.90 Å². The number of hydrogen-bond donors (Lipinski definition) is 0. The van der Waals surface area contributed by atoms with Crippen LogP contribution in [0.15, 0.2) is 11.4 Å². The number of carbonyl (C=O) groups excluding carboxylic acids is 1. The number of thiophene rings is 1. The van der Waals surface area contributed by atoms with Crippen molar-refractivity contribution in [3.63, 3.8) is 0 Å². The number of carbonyl (C=O) groups is 1. The standard InChI is InChI=1S/C18H25NO3S/c1-12-7-9-23-17(12)18(20)19-8-6-16-15(19)5-4-14(22-16)11-21-10-13-2-3-13/h7,9,13-16H,2-6,8,10-11H2,1H3/t14-,15-,16-/m0/s1. The van der Waals surface area contributed by atoms with Crippen LogP contribution in [0.5, 0.6) is 0 Å². The SMILES string of the molecule is Cc1ccsc1C(=O)N1CC[C@@H]2O[C@H](COCC3CC3)CC[C@@H]21. The molecule has 1 aromatic heterocycles. The third-order valence-corrected chi connectivity index (χ3v) is 6.31. The molecule has 4 nitrogen and oxygen atoms in total. The number of aryl methyl sites for hydroxylation is 1. The first kappa shape index (κ1) is 15.6. The Balaban J connectivity index is 1.32. The van der Waals surface area contributed by atoms with Gasteiger partial charge in [-0.05, 0) is 62.0 Å². The highest BCUT2D eigenvalue weighted by molar-refractivity contribution is 7.12. The lowest BCUT2D eigenvalue weighted by Gasteiger charge is -2.35. The van der Waals surface area contributed by atoms with Crippen LogP contribution >= 0.6 is 11.3 Å². The zero-order chi connectivity index (χ0) is 15.8. The summed E-state index contributed by atoms with van der Waals surface area (Å²) < 4.78 is 12.0. The summed E-state index contributed by atoms with van der Waals surface area (Å²) in [4.78, 5) is 15.7. The fraction of sp³-hybridized carbons (Fsp3) is 0.722. The Kier molecular flexibility index (Phi) is 4.43. The van der Waals surface area contributed by atoms with Gasteiger partial charge in [0.25, 0.3) is 5.91 Å². The van der Waals surface area contributed by atoms with Crippen LogP contribution in [0.25, 0.3) is 0 Å². The number of rotatable bonds is 5. The molecule has 2 saturated heterocycles. The predicted molar refractivity (Wildman–Crippen MR) is 89.9 cm³/mol. The largest absolute Gasteiger partial charge is 0.378 e. The molecule has 0 aromatic carbocycles. The van der Waals surface area contributed by atoms with Crippen LogP contribution in [0.4, 0.5) is 0 Å². The molecule has 2 aliphatic heterocycles. The van der Waals surface area contributed by atoms with Crippen LogP contribution in [0.1, 0.15) is 47.3 Å². The molecule has 0 unspecified atom stereocenters. The molecule has 1 aromatic rings. The summed E-state index contributed by atoms with van der Waals surface area (Å²) >= 11 is 1.55. The van der Waals surface area contributed by atoms with E-state index in [1.165, 1.54) is 12.8 Å². The van der Waals surface area contributed by atoms with Gasteiger partial charge in [-0.3, -0.25) is 4.79 Å². The summed E-state index contributed by atoms with van der Waals surface area (Å²) in [6, 6.07) is 2.28. The van der Waals surface area contributed by atoms with Gasteiger partial charge in [0.1, 0.15) is 0 Å². The number of ether oxygens (including phenoxy) is 2. The van der Waals surface area contributed by atoms with Gasteiger partial charge in [0.05, 0.1) is 29.7 Å². The van der Waals surface area contributed by atoms with Crippen LogP contribution in [-0.4, -0.2) is 48.8 Å². The quantitative estimate of drug-likeness (QED) is 0.829. The molecule has 0 radical (unpaired) electrons. The van der Waals surface area contributed by atoms with E-state index < -0.39 is 0 Å². The number of fused-ring (bicyclic) bond motifs is 1. The van der Waals surface area contributed by atoms with Gasteiger partial charge in [0.15, 0.2) is 0 Å². The maximum absolute atomic E-state index is 12.8. The first-order valence-corrected chi connectivity index (χ1v) is 9.68. The van der Waals surface area contributed by atoms with Crippen molar-refractivity contribution < 1.29 is 14.3 Å². The Hall–Kier alpha value is -0.910. The monoisotopic (exact) mass is 335 g/mol. The maximum atomic E-state index is 12.8. The summed E-state index contributed by atoms with van der Waals surface area (Å²) in [5.74, 6) is 0.997. The van der Waals surface area contributed by atoms with Crippen molar-refractivity contribution in [2.75, 3.05) is 19.8 Å². The van der Waals surface area contributed by atoms with E-state index in [9.17, 15) is 4.79 Å². The highest BCUT2D eigenvalue weighted by Crippen LogP contribution is 2.34. The van der Waals surface area contributed by atoms with Gasteiger partial charge in [-0.15, -0.1) is 11.3 Å². The van der Waals surface area contributed by atoms with E-state index in [-0.39, 0.29) is 24.2 Å². The Morgan fingerprint density at radius 2 is 2.17 bits per heavy atom. The summed E-state index contributed by atoms with van der Waals surface area (Å²) in [6.07, 6.45) is 6.07. The van der Waals surface area contributed by atoms with Crippen molar-refractivity contribution in [3.05, 3.63) is 21.9 Å². The van der Waals surface area contributed by atoms with E-state index in [4.69, 9.17) is 9.47 Å². The average Bonchev–Trinajstić information content (AvgIpc) is 3.12. The molecule has 0 spiro atoms. The minimum absolute atomic E-state index is 0.192. The van der Waals surface area contributed by atoms with Crippen molar-refractivity contribution in [3.8, 4) is 0 Å². The molecular formula is C18H25NO3S. The smallest absolute Gasteiger partial charge is 0.264 e. The van der Waals surface area contributed by atoms with Crippen LogP contribution < -0.4 is 0 Å². The number of amides is 1. The first-order chi connectivity index (χ1) is 11.2. The minimum atomic E-state index is 0.192. The van der Waals surface area contributed by atoms with Gasteiger partial charge in [-0.25, -0.2) is 0 Å². The highest BCUT2D eigenvalue weighted by Gasteiger charge is 2.42. The topological polar surface area (TPSA) is 38.8 Å². The molecular weight excluding hydrogens is 310 g/mol. The molecule has 0 bridgehead atoms. The zero-order valence-electron chi connectivity index (χ0n) is 13.7. The molecule has 5 heteroatoms. The van der Waals surface area contributed by atoms with E-state index >= 15 is 0 Å². The van der Waals surface area contributed by atoms with Gasteiger partial charge in [0, 0.05) is 13.2 Å². The van der Waals surface area contributed by atoms with E-state index in [2.05, 4.69) is 0 Å². The molecule has 3 atom stereocenters. The maximum Gasteiger partial charge on any atom is 0.264 e. The zero-order valence-corrected chi connectivity index (χ0v) is 14.5. The van der Waals surface area contributed by atoms with Crippen molar-refractivity contribution >= 4 is 17.2 Å². The fourth-order valence-corrected chi connectivity index (χ4v) is 4.63. The lowest BCUT2D eigenvalue weighted by Crippen LogP contribution is -2.45. The summed E-state index contributed by atoms with van der Waals surface area (Å²) in [5.41, 5.74) is 1.09. The molecule has 0 N–H and O–H groups in total. The van der Waals surface area contributed by atoms with Gasteiger partial charge in [-0.1, -0.05) is 0 Å². The first-order valence-electron chi connectivity index (χ1n) is 8.80. The molecule has 23 heavy (non-hydrogen) atoms. The summed E-state index contributed by atoms with van der Waals surface area (Å²) in [7, 11) is 0. The molecule has 1 saturated carbocycles. The number of likely N-dealkylation sites (tertiary alicyclic amines) is 1. The third-order valence-electron chi connectivity index (χ3n) is 5.31. The lowest BCUT2D eigenvalue weighted by atomic mass is 9.99. The van der Waals surface area contributed by atoms with Crippen molar-refractivity contribution in [2.45, 2.75) is 57.3 Å². The molecule has 3 aliphatic rings. The number of nitrogens with zero attached hydrogens (tertiary/aromatic N) is 1. The van der Waals surface area contributed by atoms with Crippen LogP contribution in [-0.2, 0) is 9.47 Å².